The quantitative estimate of drug-likeness (QED) is 0.829. The van der Waals surface area contributed by atoms with E-state index < -0.39 is 5.97 Å². The molecule has 1 fully saturated rings. The first-order valence-corrected chi connectivity index (χ1v) is 6.89. The summed E-state index contributed by atoms with van der Waals surface area (Å²) < 4.78 is 0. The van der Waals surface area contributed by atoms with Crippen LogP contribution in [0, 0.1) is 11.8 Å². The lowest BCUT2D eigenvalue weighted by molar-refractivity contribution is -0.142. The molecule has 0 aromatic carbocycles. The van der Waals surface area contributed by atoms with Gasteiger partial charge in [0.25, 0.3) is 0 Å². The molecule has 2 unspecified atom stereocenters. The Kier molecular flexibility index (Phi) is 4.24. The molecule has 1 heterocycles. The fourth-order valence-electron chi connectivity index (χ4n) is 2.93. The van der Waals surface area contributed by atoms with Crippen LogP contribution in [0.25, 0.3) is 0 Å². The normalized spacial score (nSPS) is 27.4. The monoisotopic (exact) mass is 266 g/mol. The zero-order valence-electron chi connectivity index (χ0n) is 11.6. The van der Waals surface area contributed by atoms with Gasteiger partial charge in [0.1, 0.15) is 0 Å². The van der Waals surface area contributed by atoms with E-state index in [0.717, 1.165) is 25.0 Å². The number of aliphatic carboxylic acids is 1. The second-order valence-electron chi connectivity index (χ2n) is 5.66. The molecule has 1 amide bonds. The van der Waals surface area contributed by atoms with E-state index in [1.807, 2.05) is 18.9 Å². The highest BCUT2D eigenvalue weighted by atomic mass is 16.4. The predicted octanol–water partition coefficient (Wildman–Crippen LogP) is 1.17. The smallest absolute Gasteiger partial charge is 0.308 e. The lowest BCUT2D eigenvalue weighted by Gasteiger charge is -2.22. The average Bonchev–Trinajstić information content (AvgIpc) is 2.97. The van der Waals surface area contributed by atoms with Crippen molar-refractivity contribution in [2.45, 2.75) is 26.2 Å². The lowest BCUT2D eigenvalue weighted by atomic mass is 9.99. The van der Waals surface area contributed by atoms with E-state index in [9.17, 15) is 9.59 Å². The summed E-state index contributed by atoms with van der Waals surface area (Å²) in [4.78, 5) is 26.9. The van der Waals surface area contributed by atoms with Crippen molar-refractivity contribution in [3.8, 4) is 0 Å². The van der Waals surface area contributed by atoms with Gasteiger partial charge in [0.15, 0.2) is 0 Å². The summed E-state index contributed by atoms with van der Waals surface area (Å²) in [7, 11) is 1.81. The van der Waals surface area contributed by atoms with Gasteiger partial charge in [-0.05, 0) is 25.2 Å². The van der Waals surface area contributed by atoms with Gasteiger partial charge in [0, 0.05) is 25.8 Å². The Labute approximate surface area is 113 Å². The summed E-state index contributed by atoms with van der Waals surface area (Å²) >= 11 is 0. The number of rotatable bonds is 4. The maximum atomic E-state index is 12.2. The van der Waals surface area contributed by atoms with Crippen molar-refractivity contribution in [2.75, 3.05) is 26.7 Å². The highest BCUT2D eigenvalue weighted by Crippen LogP contribution is 2.24. The summed E-state index contributed by atoms with van der Waals surface area (Å²) in [5.41, 5.74) is 1.10. The first-order chi connectivity index (χ1) is 8.99. The van der Waals surface area contributed by atoms with Crippen LogP contribution in [0.5, 0.6) is 0 Å². The Morgan fingerprint density at radius 2 is 2.21 bits per heavy atom. The first-order valence-electron chi connectivity index (χ1n) is 6.89. The van der Waals surface area contributed by atoms with Crippen LogP contribution in [0.1, 0.15) is 26.2 Å². The molecule has 2 rings (SSSR count). The SMILES string of the molecule is CC1CN(CC(=O)N(C)C2=CCCC2)CC1C(=O)O. The van der Waals surface area contributed by atoms with Gasteiger partial charge >= 0.3 is 5.97 Å². The molecule has 0 aromatic rings. The van der Waals surface area contributed by atoms with Crippen molar-refractivity contribution in [3.63, 3.8) is 0 Å². The summed E-state index contributed by atoms with van der Waals surface area (Å²) in [5.74, 6) is -0.925. The molecule has 0 bridgehead atoms. The topological polar surface area (TPSA) is 60.9 Å². The van der Waals surface area contributed by atoms with Crippen LogP contribution >= 0.6 is 0 Å². The second-order valence-corrected chi connectivity index (χ2v) is 5.66. The van der Waals surface area contributed by atoms with Crippen molar-refractivity contribution in [1.82, 2.24) is 9.80 Å². The number of amides is 1. The molecule has 106 valence electrons. The summed E-state index contributed by atoms with van der Waals surface area (Å²) in [6, 6.07) is 0. The van der Waals surface area contributed by atoms with Crippen molar-refractivity contribution < 1.29 is 14.7 Å². The van der Waals surface area contributed by atoms with Gasteiger partial charge in [-0.2, -0.15) is 0 Å². The summed E-state index contributed by atoms with van der Waals surface area (Å²) in [6.45, 7) is 3.43. The largest absolute Gasteiger partial charge is 0.481 e. The second kappa shape index (κ2) is 5.74. The first kappa shape index (κ1) is 14.1. The third-order valence-corrected chi connectivity index (χ3v) is 4.19. The Morgan fingerprint density at radius 3 is 2.74 bits per heavy atom. The van der Waals surface area contributed by atoms with E-state index in [-0.39, 0.29) is 17.7 Å². The zero-order chi connectivity index (χ0) is 14.0. The van der Waals surface area contributed by atoms with E-state index in [1.165, 1.54) is 0 Å². The van der Waals surface area contributed by atoms with Crippen LogP contribution in [0.15, 0.2) is 11.8 Å². The minimum Gasteiger partial charge on any atom is -0.481 e. The van der Waals surface area contributed by atoms with Gasteiger partial charge < -0.3 is 10.0 Å². The van der Waals surface area contributed by atoms with Crippen LogP contribution in [0.4, 0.5) is 0 Å². The Bertz CT molecular complexity index is 405. The molecule has 1 aliphatic heterocycles. The van der Waals surface area contributed by atoms with E-state index in [2.05, 4.69) is 6.08 Å². The van der Waals surface area contributed by atoms with Crippen LogP contribution in [-0.4, -0.2) is 53.5 Å². The molecular weight excluding hydrogens is 244 g/mol. The standard InChI is InChI=1S/C14H22N2O3/c1-10-7-16(8-12(10)14(18)19)9-13(17)15(2)11-5-3-4-6-11/h5,10,12H,3-4,6-9H2,1-2H3,(H,18,19). The number of carbonyl (C=O) groups excluding carboxylic acids is 1. The summed E-state index contributed by atoms with van der Waals surface area (Å²) in [6.07, 6.45) is 5.25. The Morgan fingerprint density at radius 1 is 1.47 bits per heavy atom. The third kappa shape index (κ3) is 3.15. The van der Waals surface area contributed by atoms with E-state index >= 15 is 0 Å². The molecule has 2 aliphatic rings. The van der Waals surface area contributed by atoms with Crippen molar-refractivity contribution in [1.29, 1.82) is 0 Å². The highest BCUT2D eigenvalue weighted by Gasteiger charge is 2.35. The summed E-state index contributed by atoms with van der Waals surface area (Å²) in [5, 5.41) is 9.09. The third-order valence-electron chi connectivity index (χ3n) is 4.19. The van der Waals surface area contributed by atoms with Crippen molar-refractivity contribution in [2.24, 2.45) is 11.8 Å². The van der Waals surface area contributed by atoms with E-state index in [4.69, 9.17) is 5.11 Å². The zero-order valence-corrected chi connectivity index (χ0v) is 11.6. The fraction of sp³-hybridized carbons (Fsp3) is 0.714. The molecule has 0 radical (unpaired) electrons. The number of hydrogen-bond acceptors (Lipinski definition) is 3. The molecule has 1 aliphatic carbocycles. The van der Waals surface area contributed by atoms with Crippen molar-refractivity contribution >= 4 is 11.9 Å². The molecule has 0 spiro atoms. The number of allylic oxidation sites excluding steroid dienone is 2. The Hall–Kier alpha value is -1.36. The number of carbonyl (C=O) groups is 2. The average molecular weight is 266 g/mol. The van der Waals surface area contributed by atoms with Gasteiger partial charge in [-0.3, -0.25) is 14.5 Å². The molecular formula is C14H22N2O3. The van der Waals surface area contributed by atoms with E-state index in [0.29, 0.717) is 19.6 Å². The molecule has 0 aromatic heterocycles. The number of hydrogen-bond donors (Lipinski definition) is 1. The maximum absolute atomic E-state index is 12.2. The number of carboxylic acids is 1. The van der Waals surface area contributed by atoms with Crippen molar-refractivity contribution in [3.05, 3.63) is 11.8 Å². The fourth-order valence-corrected chi connectivity index (χ4v) is 2.93. The minimum absolute atomic E-state index is 0.0615. The van der Waals surface area contributed by atoms with Gasteiger partial charge in [0.05, 0.1) is 12.5 Å². The number of carboxylic acid groups (broad SMARTS) is 1. The Balaban J connectivity index is 1.88. The van der Waals surface area contributed by atoms with Gasteiger partial charge in [0.2, 0.25) is 5.91 Å². The number of likely N-dealkylation sites (N-methyl/N-ethyl adjacent to an activating group) is 1. The number of nitrogens with zero attached hydrogens (tertiary/aromatic N) is 2. The minimum atomic E-state index is -0.755. The molecule has 5 heteroatoms. The van der Waals surface area contributed by atoms with Crippen LogP contribution in [-0.2, 0) is 9.59 Å². The van der Waals surface area contributed by atoms with Crippen LogP contribution < -0.4 is 0 Å². The lowest BCUT2D eigenvalue weighted by Crippen LogP contribution is -2.37. The van der Waals surface area contributed by atoms with Gasteiger partial charge in [-0.15, -0.1) is 0 Å². The van der Waals surface area contributed by atoms with Crippen LogP contribution in [0.2, 0.25) is 0 Å². The molecule has 0 saturated carbocycles. The maximum Gasteiger partial charge on any atom is 0.308 e. The highest BCUT2D eigenvalue weighted by molar-refractivity contribution is 5.80. The van der Waals surface area contributed by atoms with Gasteiger partial charge in [-0.1, -0.05) is 13.0 Å². The predicted molar refractivity (Wildman–Crippen MR) is 71.4 cm³/mol. The van der Waals surface area contributed by atoms with E-state index in [1.54, 1.807) is 4.90 Å². The molecule has 1 saturated heterocycles. The number of likely N-dealkylation sites (tertiary alicyclic amines) is 1. The van der Waals surface area contributed by atoms with Gasteiger partial charge in [-0.25, -0.2) is 0 Å². The molecule has 19 heavy (non-hydrogen) atoms. The molecule has 5 nitrogen and oxygen atoms in total. The molecule has 2 atom stereocenters. The molecule has 1 N–H and O–H groups in total. The van der Waals surface area contributed by atoms with Crippen LogP contribution in [0.3, 0.4) is 0 Å².